The van der Waals surface area contributed by atoms with Gasteiger partial charge in [-0.2, -0.15) is 0 Å². The van der Waals surface area contributed by atoms with Gasteiger partial charge in [0.25, 0.3) is 11.8 Å². The number of rotatable bonds is 4. The molecule has 0 saturated heterocycles. The molecule has 31 heavy (non-hydrogen) atoms. The van der Waals surface area contributed by atoms with E-state index in [0.717, 1.165) is 39.1 Å². The van der Waals surface area contributed by atoms with Crippen LogP contribution < -0.4 is 10.2 Å². The number of carbonyl (C=O) groups is 2. The predicted molar refractivity (Wildman–Crippen MR) is 126 cm³/mol. The van der Waals surface area contributed by atoms with Crippen LogP contribution in [0.5, 0.6) is 0 Å². The van der Waals surface area contributed by atoms with Gasteiger partial charge < -0.3 is 5.32 Å². The molecule has 0 atom stereocenters. The first-order chi connectivity index (χ1) is 14.8. The lowest BCUT2D eigenvalue weighted by Crippen LogP contribution is -2.33. The number of amides is 2. The number of carbonyl (C=O) groups excluding carboxylic acids is 2. The summed E-state index contributed by atoms with van der Waals surface area (Å²) < 4.78 is 0. The fourth-order valence-corrected chi connectivity index (χ4v) is 3.93. The number of nitrogens with one attached hydrogen (secondary N) is 1. The molecule has 0 radical (unpaired) electrons. The Morgan fingerprint density at radius 1 is 0.677 bits per heavy atom. The van der Waals surface area contributed by atoms with E-state index in [1.54, 1.807) is 0 Å². The van der Waals surface area contributed by atoms with Crippen LogP contribution in [0.25, 0.3) is 5.57 Å². The number of hydrogen-bond acceptors (Lipinski definition) is 3. The molecule has 1 heterocycles. The van der Waals surface area contributed by atoms with Crippen LogP contribution in [0.1, 0.15) is 33.4 Å². The lowest BCUT2D eigenvalue weighted by atomic mass is 9.99. The third-order valence-corrected chi connectivity index (χ3v) is 5.88. The van der Waals surface area contributed by atoms with Crippen LogP contribution in [0.2, 0.25) is 0 Å². The topological polar surface area (TPSA) is 49.4 Å². The van der Waals surface area contributed by atoms with E-state index >= 15 is 0 Å². The van der Waals surface area contributed by atoms with Crippen molar-refractivity contribution in [1.29, 1.82) is 0 Å². The second-order valence-electron chi connectivity index (χ2n) is 8.22. The molecule has 0 fully saturated rings. The van der Waals surface area contributed by atoms with E-state index in [1.165, 1.54) is 4.90 Å². The van der Waals surface area contributed by atoms with Crippen molar-refractivity contribution >= 4 is 28.8 Å². The van der Waals surface area contributed by atoms with Gasteiger partial charge in [-0.1, -0.05) is 54.1 Å². The smallest absolute Gasteiger partial charge is 0.282 e. The molecule has 0 aromatic heterocycles. The Kier molecular flexibility index (Phi) is 5.24. The molecular weight excluding hydrogens is 384 g/mol. The molecule has 1 N–H and O–H groups in total. The van der Waals surface area contributed by atoms with Gasteiger partial charge in [-0.05, 0) is 74.6 Å². The fourth-order valence-electron chi connectivity index (χ4n) is 3.93. The minimum absolute atomic E-state index is 0.308. The number of imide groups is 1. The fraction of sp³-hybridized carbons (Fsp3) is 0.185. The highest BCUT2D eigenvalue weighted by Crippen LogP contribution is 2.36. The summed E-state index contributed by atoms with van der Waals surface area (Å²) in [5.74, 6) is -0.648. The third-order valence-electron chi connectivity index (χ3n) is 5.88. The van der Waals surface area contributed by atoms with E-state index in [-0.39, 0.29) is 11.8 Å². The molecular formula is C27H26N2O2. The molecule has 2 amide bonds. The van der Waals surface area contributed by atoms with Crippen molar-refractivity contribution in [2.45, 2.75) is 34.6 Å². The molecule has 4 nitrogen and oxygen atoms in total. The maximum absolute atomic E-state index is 13.6. The van der Waals surface area contributed by atoms with Gasteiger partial charge in [-0.3, -0.25) is 9.59 Å². The number of anilines is 2. The molecule has 3 aromatic rings. The molecule has 0 unspecified atom stereocenters. The first-order valence-corrected chi connectivity index (χ1v) is 10.4. The molecule has 1 aliphatic rings. The van der Waals surface area contributed by atoms with Crippen LogP contribution in [0.3, 0.4) is 0 Å². The van der Waals surface area contributed by atoms with Gasteiger partial charge in [-0.25, -0.2) is 4.90 Å². The Morgan fingerprint density at radius 3 is 2.10 bits per heavy atom. The van der Waals surface area contributed by atoms with Crippen molar-refractivity contribution < 1.29 is 9.59 Å². The van der Waals surface area contributed by atoms with Gasteiger partial charge in [0, 0.05) is 5.69 Å². The SMILES string of the molecule is Cc1ccc(N2C(=O)C(Nc3ccccc3C)=C(c3ccc(C)c(C)c3)C2=O)c(C)c1. The first kappa shape index (κ1) is 20.6. The van der Waals surface area contributed by atoms with Crippen LogP contribution in [0.15, 0.2) is 66.4 Å². The summed E-state index contributed by atoms with van der Waals surface area (Å²) in [7, 11) is 0. The highest BCUT2D eigenvalue weighted by atomic mass is 16.2. The predicted octanol–water partition coefficient (Wildman–Crippen LogP) is 5.63. The van der Waals surface area contributed by atoms with E-state index in [1.807, 2.05) is 95.3 Å². The summed E-state index contributed by atoms with van der Waals surface area (Å²) in [6, 6.07) is 19.4. The monoisotopic (exact) mass is 410 g/mol. The molecule has 0 aliphatic carbocycles. The van der Waals surface area contributed by atoms with Gasteiger partial charge in [0.2, 0.25) is 0 Å². The Labute approximate surface area is 183 Å². The summed E-state index contributed by atoms with van der Waals surface area (Å²) in [5, 5.41) is 3.27. The highest BCUT2D eigenvalue weighted by Gasteiger charge is 2.41. The first-order valence-electron chi connectivity index (χ1n) is 10.4. The lowest BCUT2D eigenvalue weighted by Gasteiger charge is -2.18. The average Bonchev–Trinajstić information content (AvgIpc) is 2.96. The van der Waals surface area contributed by atoms with Crippen LogP contribution in [-0.2, 0) is 9.59 Å². The van der Waals surface area contributed by atoms with E-state index in [9.17, 15) is 9.59 Å². The van der Waals surface area contributed by atoms with Crippen molar-refractivity contribution in [3.63, 3.8) is 0 Å². The van der Waals surface area contributed by atoms with Gasteiger partial charge in [0.1, 0.15) is 5.70 Å². The minimum Gasteiger partial charge on any atom is -0.350 e. The maximum atomic E-state index is 13.6. The van der Waals surface area contributed by atoms with Crippen LogP contribution in [0.4, 0.5) is 11.4 Å². The molecule has 3 aromatic carbocycles. The second-order valence-corrected chi connectivity index (χ2v) is 8.22. The van der Waals surface area contributed by atoms with Crippen molar-refractivity contribution in [2.75, 3.05) is 10.2 Å². The summed E-state index contributed by atoms with van der Waals surface area (Å²) in [4.78, 5) is 28.5. The largest absolute Gasteiger partial charge is 0.350 e. The minimum atomic E-state index is -0.339. The molecule has 4 rings (SSSR count). The number of para-hydroxylation sites is 1. The Balaban J connectivity index is 1.88. The average molecular weight is 411 g/mol. The zero-order valence-corrected chi connectivity index (χ0v) is 18.5. The zero-order valence-electron chi connectivity index (χ0n) is 18.5. The number of benzene rings is 3. The van der Waals surface area contributed by atoms with Crippen LogP contribution in [0, 0.1) is 34.6 Å². The Morgan fingerprint density at radius 2 is 1.42 bits per heavy atom. The molecule has 0 bridgehead atoms. The normalized spacial score (nSPS) is 13.9. The summed E-state index contributed by atoms with van der Waals surface area (Å²) >= 11 is 0. The van der Waals surface area contributed by atoms with E-state index in [2.05, 4.69) is 5.32 Å². The standard InChI is InChI=1S/C27H26N2O2/c1-16-10-13-23(20(5)14-16)29-26(30)24(21-12-11-17(2)19(4)15-21)25(27(29)31)28-22-9-7-6-8-18(22)3/h6-15,28H,1-5H3. The van der Waals surface area contributed by atoms with Crippen molar-refractivity contribution in [3.05, 3.63) is 99.7 Å². The summed E-state index contributed by atoms with van der Waals surface area (Å²) in [5.41, 5.74) is 8.06. The molecule has 156 valence electrons. The van der Waals surface area contributed by atoms with Crippen LogP contribution in [-0.4, -0.2) is 11.8 Å². The Bertz CT molecular complexity index is 1250. The van der Waals surface area contributed by atoms with E-state index in [4.69, 9.17) is 0 Å². The van der Waals surface area contributed by atoms with Gasteiger partial charge in [0.15, 0.2) is 0 Å². The Hall–Kier alpha value is -3.66. The molecule has 4 heteroatoms. The van der Waals surface area contributed by atoms with Crippen molar-refractivity contribution in [1.82, 2.24) is 0 Å². The second kappa shape index (κ2) is 7.88. The number of nitrogens with zero attached hydrogens (tertiary/aromatic N) is 1. The molecule has 0 saturated carbocycles. The van der Waals surface area contributed by atoms with Crippen LogP contribution >= 0.6 is 0 Å². The highest BCUT2D eigenvalue weighted by molar-refractivity contribution is 6.46. The van der Waals surface area contributed by atoms with Crippen molar-refractivity contribution in [3.8, 4) is 0 Å². The quantitative estimate of drug-likeness (QED) is 0.568. The maximum Gasteiger partial charge on any atom is 0.282 e. The third kappa shape index (κ3) is 3.66. The molecule has 0 spiro atoms. The number of aryl methyl sites for hydroxylation is 5. The van der Waals surface area contributed by atoms with E-state index in [0.29, 0.717) is 17.0 Å². The zero-order chi connectivity index (χ0) is 22.3. The summed E-state index contributed by atoms with van der Waals surface area (Å²) in [6.45, 7) is 9.93. The summed E-state index contributed by atoms with van der Waals surface area (Å²) in [6.07, 6.45) is 0. The van der Waals surface area contributed by atoms with Crippen molar-refractivity contribution in [2.24, 2.45) is 0 Å². The molecule has 1 aliphatic heterocycles. The number of hydrogen-bond donors (Lipinski definition) is 1. The van der Waals surface area contributed by atoms with E-state index < -0.39 is 0 Å². The lowest BCUT2D eigenvalue weighted by molar-refractivity contribution is -0.120. The van der Waals surface area contributed by atoms with Gasteiger partial charge >= 0.3 is 0 Å². The van der Waals surface area contributed by atoms with Gasteiger partial charge in [0.05, 0.1) is 11.3 Å². The van der Waals surface area contributed by atoms with Gasteiger partial charge in [-0.15, -0.1) is 0 Å².